The van der Waals surface area contributed by atoms with E-state index in [1.165, 1.54) is 0 Å². The van der Waals surface area contributed by atoms with E-state index in [4.69, 9.17) is 0 Å². The molecule has 0 aliphatic carbocycles. The molecule has 0 aromatic carbocycles. The maximum Gasteiger partial charge on any atom is 0.235 e. The van der Waals surface area contributed by atoms with Crippen LogP contribution in [0, 0.1) is 0 Å². The predicted octanol–water partition coefficient (Wildman–Crippen LogP) is 1.79. The Balaban J connectivity index is 1.57. The maximum atomic E-state index is 12.7. The second-order valence-corrected chi connectivity index (χ2v) is 8.10. The Hall–Kier alpha value is -1.50. The second-order valence-electron chi connectivity index (χ2n) is 6.79. The third-order valence-corrected chi connectivity index (χ3v) is 6.51. The lowest BCUT2D eigenvalue weighted by molar-refractivity contribution is -0.134. The largest absolute Gasteiger partial charge is 0.340 e. The van der Waals surface area contributed by atoms with Gasteiger partial charge in [-0.25, -0.2) is 0 Å². The number of likely N-dealkylation sites (N-methyl/N-ethyl adjacent to an activating group) is 1. The fraction of sp³-hybridized carbons (Fsp3) is 0.722. The van der Waals surface area contributed by atoms with Gasteiger partial charge in [-0.1, -0.05) is 0 Å². The highest BCUT2D eigenvalue weighted by atomic mass is 32.2. The number of aromatic nitrogens is 2. The van der Waals surface area contributed by atoms with Crippen molar-refractivity contribution in [3.05, 3.63) is 18.0 Å². The molecule has 0 saturated carbocycles. The standard InChI is InChI=1S/C18H28N4O2S/c1-3-21-12-14(11-19-21)10-17(23)22(4-2)15-7-8-20(13-15)18(24)16-6-5-9-25-16/h11-12,15-16H,3-10,13H2,1-2H3. The molecule has 2 amide bonds. The first kappa shape index (κ1) is 18.3. The number of thioether (sulfide) groups is 1. The number of carbonyl (C=O) groups is 2. The number of aryl methyl sites for hydroxylation is 1. The lowest BCUT2D eigenvalue weighted by Gasteiger charge is -2.28. The van der Waals surface area contributed by atoms with E-state index in [0.29, 0.717) is 19.5 Å². The highest BCUT2D eigenvalue weighted by Crippen LogP contribution is 2.29. The van der Waals surface area contributed by atoms with Gasteiger partial charge in [0.05, 0.1) is 23.9 Å². The lowest BCUT2D eigenvalue weighted by atomic mass is 10.1. The zero-order valence-corrected chi connectivity index (χ0v) is 16.0. The second kappa shape index (κ2) is 8.25. The summed E-state index contributed by atoms with van der Waals surface area (Å²) in [5, 5.41) is 4.38. The Morgan fingerprint density at radius 2 is 2.20 bits per heavy atom. The topological polar surface area (TPSA) is 58.4 Å². The third kappa shape index (κ3) is 4.19. The van der Waals surface area contributed by atoms with E-state index in [0.717, 1.165) is 43.7 Å². The summed E-state index contributed by atoms with van der Waals surface area (Å²) in [4.78, 5) is 29.2. The van der Waals surface area contributed by atoms with Crippen molar-refractivity contribution in [3.63, 3.8) is 0 Å². The Bertz CT molecular complexity index is 612. The van der Waals surface area contributed by atoms with Crippen LogP contribution in [0.5, 0.6) is 0 Å². The molecule has 25 heavy (non-hydrogen) atoms. The molecule has 2 aliphatic rings. The average molecular weight is 365 g/mol. The number of likely N-dealkylation sites (tertiary alicyclic amines) is 1. The van der Waals surface area contributed by atoms with Crippen molar-refractivity contribution in [1.29, 1.82) is 0 Å². The minimum absolute atomic E-state index is 0.132. The van der Waals surface area contributed by atoms with Crippen LogP contribution >= 0.6 is 11.8 Å². The van der Waals surface area contributed by atoms with Gasteiger partial charge in [0.2, 0.25) is 11.8 Å². The van der Waals surface area contributed by atoms with Gasteiger partial charge >= 0.3 is 0 Å². The number of amides is 2. The van der Waals surface area contributed by atoms with Crippen molar-refractivity contribution >= 4 is 23.6 Å². The number of rotatable bonds is 6. The SMILES string of the molecule is CCN(C(=O)Cc1cnn(CC)c1)C1CCN(C(=O)C2CCCS2)C1. The van der Waals surface area contributed by atoms with E-state index in [1.54, 1.807) is 18.0 Å². The molecule has 0 radical (unpaired) electrons. The first-order valence-corrected chi connectivity index (χ1v) is 10.4. The molecule has 2 fully saturated rings. The highest BCUT2D eigenvalue weighted by Gasteiger charge is 2.35. The van der Waals surface area contributed by atoms with Crippen molar-refractivity contribution < 1.29 is 9.59 Å². The zero-order chi connectivity index (χ0) is 17.8. The van der Waals surface area contributed by atoms with Gasteiger partial charge in [0.1, 0.15) is 0 Å². The van der Waals surface area contributed by atoms with Gasteiger partial charge in [0.25, 0.3) is 0 Å². The molecular formula is C18H28N4O2S. The monoisotopic (exact) mass is 364 g/mol. The number of hydrogen-bond donors (Lipinski definition) is 0. The smallest absolute Gasteiger partial charge is 0.235 e. The molecule has 2 aliphatic heterocycles. The maximum absolute atomic E-state index is 12.7. The highest BCUT2D eigenvalue weighted by molar-refractivity contribution is 8.00. The Kier molecular flexibility index (Phi) is 6.04. The van der Waals surface area contributed by atoms with Crippen LogP contribution in [-0.4, -0.2) is 68.1 Å². The first-order chi connectivity index (χ1) is 12.1. The normalized spacial score (nSPS) is 23.2. The molecule has 1 aromatic rings. The molecule has 2 unspecified atom stereocenters. The van der Waals surface area contributed by atoms with Gasteiger partial charge in [-0.3, -0.25) is 14.3 Å². The Labute approximate surface area is 153 Å². The van der Waals surface area contributed by atoms with Crippen LogP contribution in [0.4, 0.5) is 0 Å². The van der Waals surface area contributed by atoms with Crippen LogP contribution in [0.1, 0.15) is 38.7 Å². The zero-order valence-electron chi connectivity index (χ0n) is 15.2. The van der Waals surface area contributed by atoms with Gasteiger partial charge in [0.15, 0.2) is 0 Å². The Morgan fingerprint density at radius 1 is 1.36 bits per heavy atom. The van der Waals surface area contributed by atoms with Gasteiger partial charge in [0, 0.05) is 32.4 Å². The summed E-state index contributed by atoms with van der Waals surface area (Å²) in [6.45, 7) is 7.01. The summed E-state index contributed by atoms with van der Waals surface area (Å²) in [6.07, 6.45) is 7.13. The fourth-order valence-electron chi connectivity index (χ4n) is 3.76. The predicted molar refractivity (Wildman–Crippen MR) is 99.5 cm³/mol. The van der Waals surface area contributed by atoms with Crippen LogP contribution in [0.25, 0.3) is 0 Å². The van der Waals surface area contributed by atoms with Crippen molar-refractivity contribution in [3.8, 4) is 0 Å². The van der Waals surface area contributed by atoms with Crippen molar-refractivity contribution in [1.82, 2.24) is 19.6 Å². The molecule has 0 bridgehead atoms. The number of hydrogen-bond acceptors (Lipinski definition) is 4. The quantitative estimate of drug-likeness (QED) is 0.772. The summed E-state index contributed by atoms with van der Waals surface area (Å²) >= 11 is 1.78. The first-order valence-electron chi connectivity index (χ1n) is 9.33. The van der Waals surface area contributed by atoms with Gasteiger partial charge in [-0.05, 0) is 44.4 Å². The molecule has 1 aromatic heterocycles. The Morgan fingerprint density at radius 3 is 2.84 bits per heavy atom. The molecule has 3 heterocycles. The van der Waals surface area contributed by atoms with Crippen LogP contribution in [-0.2, 0) is 22.6 Å². The summed E-state index contributed by atoms with van der Waals surface area (Å²) in [6, 6.07) is 0.147. The minimum atomic E-state index is 0.132. The number of carbonyl (C=O) groups excluding carboxylic acids is 2. The molecule has 0 N–H and O–H groups in total. The molecular weight excluding hydrogens is 336 g/mol. The fourth-order valence-corrected chi connectivity index (χ4v) is 5.00. The summed E-state index contributed by atoms with van der Waals surface area (Å²) in [5.74, 6) is 1.50. The van der Waals surface area contributed by atoms with Crippen LogP contribution in [0.2, 0.25) is 0 Å². The molecule has 2 saturated heterocycles. The van der Waals surface area contributed by atoms with Crippen molar-refractivity contribution in [2.75, 3.05) is 25.4 Å². The molecule has 7 heteroatoms. The minimum Gasteiger partial charge on any atom is -0.340 e. The molecule has 2 atom stereocenters. The summed E-state index contributed by atoms with van der Waals surface area (Å²) < 4.78 is 1.84. The molecule has 138 valence electrons. The third-order valence-electron chi connectivity index (χ3n) is 5.15. The van der Waals surface area contributed by atoms with Crippen LogP contribution in [0.15, 0.2) is 12.4 Å². The van der Waals surface area contributed by atoms with E-state index in [2.05, 4.69) is 5.10 Å². The summed E-state index contributed by atoms with van der Waals surface area (Å²) in [5.41, 5.74) is 0.957. The van der Waals surface area contributed by atoms with E-state index in [-0.39, 0.29) is 23.1 Å². The molecule has 3 rings (SSSR count). The van der Waals surface area contributed by atoms with E-state index < -0.39 is 0 Å². The summed E-state index contributed by atoms with van der Waals surface area (Å²) in [7, 11) is 0. The van der Waals surface area contributed by atoms with E-state index >= 15 is 0 Å². The molecule has 0 spiro atoms. The van der Waals surface area contributed by atoms with Crippen molar-refractivity contribution in [2.45, 2.75) is 57.4 Å². The van der Waals surface area contributed by atoms with E-state index in [9.17, 15) is 9.59 Å². The van der Waals surface area contributed by atoms with E-state index in [1.807, 2.05) is 34.5 Å². The van der Waals surface area contributed by atoms with Gasteiger partial charge in [-0.15, -0.1) is 11.8 Å². The lowest BCUT2D eigenvalue weighted by Crippen LogP contribution is -2.44. The van der Waals surface area contributed by atoms with Crippen LogP contribution in [0.3, 0.4) is 0 Å². The average Bonchev–Trinajstić information content (AvgIpc) is 3.36. The number of nitrogens with zero attached hydrogens (tertiary/aromatic N) is 4. The van der Waals surface area contributed by atoms with Crippen LogP contribution < -0.4 is 0 Å². The molecule has 6 nitrogen and oxygen atoms in total. The van der Waals surface area contributed by atoms with Gasteiger partial charge < -0.3 is 9.80 Å². The van der Waals surface area contributed by atoms with Gasteiger partial charge in [-0.2, -0.15) is 5.10 Å². The van der Waals surface area contributed by atoms with Crippen molar-refractivity contribution in [2.24, 2.45) is 0 Å².